The maximum absolute atomic E-state index is 12.3. The van der Waals surface area contributed by atoms with Gasteiger partial charge in [-0.3, -0.25) is 4.79 Å². The second-order valence-corrected chi connectivity index (χ2v) is 8.06. The van der Waals surface area contributed by atoms with Crippen molar-refractivity contribution in [3.05, 3.63) is 57.1 Å². The first kappa shape index (κ1) is 23.0. The molecule has 0 radical (unpaired) electrons. The Morgan fingerprint density at radius 1 is 1.19 bits per heavy atom. The number of benzene rings is 1. The molecule has 3 rings (SSSR count). The Morgan fingerprint density at radius 3 is 2.68 bits per heavy atom. The molecule has 0 aliphatic heterocycles. The van der Waals surface area contributed by atoms with Crippen LogP contribution < -0.4 is 5.32 Å². The normalized spacial score (nSPS) is 12.0. The van der Waals surface area contributed by atoms with E-state index >= 15 is 0 Å². The Kier molecular flexibility index (Phi) is 7.46. The van der Waals surface area contributed by atoms with Crippen LogP contribution in [0.1, 0.15) is 53.3 Å². The number of amides is 1. The minimum Gasteiger partial charge on any atom is -0.450 e. The molecule has 1 aromatic carbocycles. The fourth-order valence-electron chi connectivity index (χ4n) is 3.29. The first-order valence-corrected chi connectivity index (χ1v) is 10.6. The smallest absolute Gasteiger partial charge is 0.378 e. The molecule has 0 saturated carbocycles. The van der Waals surface area contributed by atoms with Crippen molar-refractivity contribution in [2.45, 2.75) is 39.5 Å². The number of ether oxygens (including phenoxy) is 1. The van der Waals surface area contributed by atoms with E-state index in [0.717, 1.165) is 29.8 Å². The number of fused-ring (bicyclic) bond motifs is 1. The molecule has 2 aromatic heterocycles. The molecule has 1 amide bonds. The first-order valence-electron chi connectivity index (χ1n) is 9.88. The highest BCUT2D eigenvalue weighted by Crippen LogP contribution is 2.30. The molecule has 0 unspecified atom stereocenters. The molecule has 0 bridgehead atoms. The number of nitrogens with one attached hydrogen (secondary N) is 1. The topological polar surface area (TPSA) is 98.5 Å². The van der Waals surface area contributed by atoms with Crippen LogP contribution in [0.2, 0.25) is 10.0 Å². The van der Waals surface area contributed by atoms with Gasteiger partial charge in [0.1, 0.15) is 0 Å². The van der Waals surface area contributed by atoms with E-state index < -0.39 is 18.5 Å². The SMILES string of the molecule is CCC[C@H](CNC(=O)COC(=O)c1nc2nc(C)cc(C)n2n1)c1ccc(Cl)cc1Cl. The van der Waals surface area contributed by atoms with Crippen molar-refractivity contribution >= 4 is 40.9 Å². The Balaban J connectivity index is 1.57. The number of aromatic nitrogens is 4. The van der Waals surface area contributed by atoms with Crippen LogP contribution >= 0.6 is 23.2 Å². The lowest BCUT2D eigenvalue weighted by Gasteiger charge is -2.19. The largest absolute Gasteiger partial charge is 0.450 e. The molecule has 3 aromatic rings. The average Bonchev–Trinajstić information content (AvgIpc) is 3.14. The van der Waals surface area contributed by atoms with Gasteiger partial charge in [-0.1, -0.05) is 42.6 Å². The molecule has 1 N–H and O–H groups in total. The summed E-state index contributed by atoms with van der Waals surface area (Å²) in [7, 11) is 0. The highest BCUT2D eigenvalue weighted by molar-refractivity contribution is 6.35. The van der Waals surface area contributed by atoms with Crippen LogP contribution in [0, 0.1) is 13.8 Å². The van der Waals surface area contributed by atoms with Gasteiger partial charge in [0.2, 0.25) is 0 Å². The number of rotatable bonds is 8. The number of carbonyl (C=O) groups is 2. The maximum atomic E-state index is 12.3. The van der Waals surface area contributed by atoms with E-state index in [0.29, 0.717) is 22.4 Å². The van der Waals surface area contributed by atoms with Crippen LogP contribution in [0.4, 0.5) is 0 Å². The molecule has 8 nitrogen and oxygen atoms in total. The number of aryl methyl sites for hydroxylation is 2. The highest BCUT2D eigenvalue weighted by atomic mass is 35.5. The summed E-state index contributed by atoms with van der Waals surface area (Å²) in [5.41, 5.74) is 2.46. The van der Waals surface area contributed by atoms with Crippen molar-refractivity contribution in [3.8, 4) is 0 Å². The molecular weight excluding hydrogens is 441 g/mol. The van der Waals surface area contributed by atoms with Gasteiger partial charge in [-0.25, -0.2) is 14.3 Å². The minimum atomic E-state index is -0.788. The number of hydrogen-bond donors (Lipinski definition) is 1. The Morgan fingerprint density at radius 2 is 1.97 bits per heavy atom. The van der Waals surface area contributed by atoms with Gasteiger partial charge in [0.05, 0.1) is 0 Å². The number of halogens is 2. The molecule has 0 saturated heterocycles. The van der Waals surface area contributed by atoms with Crippen molar-refractivity contribution in [1.29, 1.82) is 0 Å². The van der Waals surface area contributed by atoms with Crippen molar-refractivity contribution < 1.29 is 14.3 Å². The molecule has 0 fully saturated rings. The standard InChI is InChI=1S/C21H23Cl2N5O3/c1-4-5-14(16-7-6-15(22)9-17(16)23)10-24-18(29)11-31-20(30)19-26-21-25-12(2)8-13(3)28(21)27-19/h6-9,14H,4-5,10-11H2,1-3H3,(H,24,29)/t14-/m1/s1. The second kappa shape index (κ2) is 10.1. The minimum absolute atomic E-state index is 0.0202. The van der Waals surface area contributed by atoms with E-state index in [9.17, 15) is 9.59 Å². The van der Waals surface area contributed by atoms with Crippen molar-refractivity contribution in [2.75, 3.05) is 13.2 Å². The Labute approximate surface area is 189 Å². The van der Waals surface area contributed by atoms with Gasteiger partial charge in [-0.05, 0) is 44.0 Å². The zero-order valence-corrected chi connectivity index (χ0v) is 19.0. The predicted molar refractivity (Wildman–Crippen MR) is 118 cm³/mol. The Hall–Kier alpha value is -2.71. The summed E-state index contributed by atoms with van der Waals surface area (Å²) in [4.78, 5) is 32.8. The lowest BCUT2D eigenvalue weighted by molar-refractivity contribution is -0.124. The van der Waals surface area contributed by atoms with Gasteiger partial charge in [-0.15, -0.1) is 5.10 Å². The fraction of sp³-hybridized carbons (Fsp3) is 0.381. The molecule has 164 valence electrons. The van der Waals surface area contributed by atoms with E-state index in [4.69, 9.17) is 27.9 Å². The van der Waals surface area contributed by atoms with Crippen LogP contribution in [0.3, 0.4) is 0 Å². The molecule has 10 heteroatoms. The van der Waals surface area contributed by atoms with Crippen LogP contribution in [0.15, 0.2) is 24.3 Å². The molecule has 0 aliphatic rings. The summed E-state index contributed by atoms with van der Waals surface area (Å²) in [5.74, 6) is -1.04. The zero-order valence-electron chi connectivity index (χ0n) is 17.5. The molecule has 0 aliphatic carbocycles. The average molecular weight is 464 g/mol. The number of hydrogen-bond acceptors (Lipinski definition) is 6. The van der Waals surface area contributed by atoms with Gasteiger partial charge in [0.15, 0.2) is 6.61 Å². The van der Waals surface area contributed by atoms with E-state index in [2.05, 4.69) is 27.3 Å². The molecular formula is C21H23Cl2N5O3. The van der Waals surface area contributed by atoms with Crippen molar-refractivity contribution in [3.63, 3.8) is 0 Å². The van der Waals surface area contributed by atoms with Gasteiger partial charge >= 0.3 is 5.97 Å². The van der Waals surface area contributed by atoms with E-state index in [-0.39, 0.29) is 11.7 Å². The molecule has 0 spiro atoms. The Bertz CT molecular complexity index is 1120. The summed E-state index contributed by atoms with van der Waals surface area (Å²) < 4.78 is 6.52. The van der Waals surface area contributed by atoms with E-state index in [1.807, 2.05) is 26.0 Å². The second-order valence-electron chi connectivity index (χ2n) is 7.22. The number of nitrogens with zero attached hydrogens (tertiary/aromatic N) is 4. The number of esters is 1. The third-order valence-electron chi connectivity index (χ3n) is 4.72. The van der Waals surface area contributed by atoms with Gasteiger partial charge in [0.25, 0.3) is 17.5 Å². The lowest BCUT2D eigenvalue weighted by atomic mass is 9.94. The fourth-order valence-corrected chi connectivity index (χ4v) is 3.85. The number of carbonyl (C=O) groups excluding carboxylic acids is 2. The monoisotopic (exact) mass is 463 g/mol. The van der Waals surface area contributed by atoms with Crippen LogP contribution in [0.5, 0.6) is 0 Å². The molecule has 31 heavy (non-hydrogen) atoms. The van der Waals surface area contributed by atoms with Crippen LogP contribution in [0.25, 0.3) is 5.78 Å². The van der Waals surface area contributed by atoms with Gasteiger partial charge < -0.3 is 10.1 Å². The summed E-state index contributed by atoms with van der Waals surface area (Å²) in [6, 6.07) is 7.15. The summed E-state index contributed by atoms with van der Waals surface area (Å²) in [5, 5.41) is 8.00. The summed E-state index contributed by atoms with van der Waals surface area (Å²) in [6.07, 6.45) is 1.75. The molecule has 2 heterocycles. The van der Waals surface area contributed by atoms with Crippen LogP contribution in [-0.2, 0) is 9.53 Å². The first-order chi connectivity index (χ1) is 14.8. The quantitative estimate of drug-likeness (QED) is 0.508. The zero-order chi connectivity index (χ0) is 22.5. The van der Waals surface area contributed by atoms with E-state index in [1.165, 1.54) is 4.52 Å². The van der Waals surface area contributed by atoms with Crippen molar-refractivity contribution in [2.24, 2.45) is 0 Å². The predicted octanol–water partition coefficient (Wildman–Crippen LogP) is 3.90. The third-order valence-corrected chi connectivity index (χ3v) is 5.28. The molecule has 1 atom stereocenters. The maximum Gasteiger partial charge on any atom is 0.378 e. The van der Waals surface area contributed by atoms with Gasteiger partial charge in [0, 0.05) is 33.9 Å². The summed E-state index contributed by atoms with van der Waals surface area (Å²) in [6.45, 7) is 5.64. The van der Waals surface area contributed by atoms with Crippen LogP contribution in [-0.4, -0.2) is 44.6 Å². The highest BCUT2D eigenvalue weighted by Gasteiger charge is 2.19. The lowest BCUT2D eigenvalue weighted by Crippen LogP contribution is -2.32. The van der Waals surface area contributed by atoms with Gasteiger partial charge in [-0.2, -0.15) is 4.98 Å². The van der Waals surface area contributed by atoms with E-state index in [1.54, 1.807) is 12.1 Å². The third kappa shape index (κ3) is 5.71. The van der Waals surface area contributed by atoms with Crippen molar-refractivity contribution in [1.82, 2.24) is 24.9 Å². The summed E-state index contributed by atoms with van der Waals surface area (Å²) >= 11 is 12.3.